The molecule has 0 unspecified atom stereocenters. The van der Waals surface area contributed by atoms with Crippen molar-refractivity contribution in [2.75, 3.05) is 12.3 Å². The van der Waals surface area contributed by atoms with E-state index in [1.807, 2.05) is 0 Å². The lowest BCUT2D eigenvalue weighted by molar-refractivity contribution is 0.0517. The van der Waals surface area contributed by atoms with Gasteiger partial charge in [0.1, 0.15) is 17.5 Å². The highest BCUT2D eigenvalue weighted by Crippen LogP contribution is 2.21. The summed E-state index contributed by atoms with van der Waals surface area (Å²) < 4.78 is 9.59. The first kappa shape index (κ1) is 9.38. The summed E-state index contributed by atoms with van der Waals surface area (Å²) in [4.78, 5) is 18.9. The Balaban J connectivity index is 2.57. The van der Waals surface area contributed by atoms with Gasteiger partial charge in [0.2, 0.25) is 5.69 Å². The van der Waals surface area contributed by atoms with E-state index in [0.29, 0.717) is 0 Å². The number of aromatic nitrogens is 3. The quantitative estimate of drug-likeness (QED) is 0.711. The number of nitrogens with zero attached hydrogens (tertiary/aromatic N) is 3. The van der Waals surface area contributed by atoms with Gasteiger partial charge in [-0.1, -0.05) is 5.16 Å². The largest absolute Gasteiger partial charge is 0.461 e. The zero-order valence-corrected chi connectivity index (χ0v) is 7.93. The van der Waals surface area contributed by atoms with Crippen molar-refractivity contribution in [3.05, 3.63) is 12.0 Å². The Hall–Kier alpha value is -2.18. The van der Waals surface area contributed by atoms with Crippen molar-refractivity contribution in [3.63, 3.8) is 0 Å². The first-order valence-corrected chi connectivity index (χ1v) is 4.27. The molecule has 7 nitrogen and oxygen atoms in total. The summed E-state index contributed by atoms with van der Waals surface area (Å²) in [6.07, 6.45) is 1.23. The fraction of sp³-hybridized carbons (Fsp3) is 0.250. The van der Waals surface area contributed by atoms with Crippen LogP contribution in [-0.4, -0.2) is 27.7 Å². The molecule has 15 heavy (non-hydrogen) atoms. The van der Waals surface area contributed by atoms with Gasteiger partial charge in [-0.25, -0.2) is 9.78 Å². The second-order valence-electron chi connectivity index (χ2n) is 2.69. The SMILES string of the molecule is CCOC(=O)c1noc2ncnc(N)c12. The van der Waals surface area contributed by atoms with Gasteiger partial charge in [0, 0.05) is 0 Å². The van der Waals surface area contributed by atoms with Crippen molar-refractivity contribution in [1.82, 2.24) is 15.1 Å². The number of hydrogen-bond acceptors (Lipinski definition) is 7. The molecule has 0 saturated heterocycles. The average molecular weight is 208 g/mol. The lowest BCUT2D eigenvalue weighted by Crippen LogP contribution is -2.06. The third-order valence-corrected chi connectivity index (χ3v) is 1.77. The van der Waals surface area contributed by atoms with E-state index < -0.39 is 5.97 Å². The van der Waals surface area contributed by atoms with Crippen LogP contribution in [0.4, 0.5) is 5.82 Å². The normalized spacial score (nSPS) is 10.5. The number of carbonyl (C=O) groups is 1. The molecule has 0 saturated carbocycles. The smallest absolute Gasteiger partial charge is 0.361 e. The maximum atomic E-state index is 11.4. The summed E-state index contributed by atoms with van der Waals surface area (Å²) in [5.41, 5.74) is 5.75. The average Bonchev–Trinajstić information content (AvgIpc) is 2.63. The minimum absolute atomic E-state index is 0.00458. The Bertz CT molecular complexity index is 508. The minimum atomic E-state index is -0.599. The summed E-state index contributed by atoms with van der Waals surface area (Å²) in [5, 5.41) is 3.83. The number of nitrogens with two attached hydrogens (primary N) is 1. The van der Waals surface area contributed by atoms with Gasteiger partial charge in [-0.15, -0.1) is 0 Å². The van der Waals surface area contributed by atoms with Crippen LogP contribution in [0.2, 0.25) is 0 Å². The predicted molar refractivity (Wildman–Crippen MR) is 50.0 cm³/mol. The number of anilines is 1. The molecule has 0 atom stereocenters. The summed E-state index contributed by atoms with van der Waals surface area (Å²) in [5.74, 6) is -0.456. The zero-order chi connectivity index (χ0) is 10.8. The summed E-state index contributed by atoms with van der Waals surface area (Å²) in [7, 11) is 0. The van der Waals surface area contributed by atoms with Crippen molar-refractivity contribution in [2.24, 2.45) is 0 Å². The molecular formula is C8H8N4O3. The van der Waals surface area contributed by atoms with Crippen molar-refractivity contribution in [1.29, 1.82) is 0 Å². The third-order valence-electron chi connectivity index (χ3n) is 1.77. The number of hydrogen-bond donors (Lipinski definition) is 1. The molecule has 0 spiro atoms. The van der Waals surface area contributed by atoms with Crippen LogP contribution in [0.5, 0.6) is 0 Å². The van der Waals surface area contributed by atoms with Crippen LogP contribution in [0.15, 0.2) is 10.9 Å². The molecule has 7 heteroatoms. The number of ether oxygens (including phenoxy) is 1. The lowest BCUT2D eigenvalue weighted by atomic mass is 10.3. The van der Waals surface area contributed by atoms with Gasteiger partial charge in [0.25, 0.3) is 5.71 Å². The molecule has 0 aliphatic carbocycles. The second-order valence-corrected chi connectivity index (χ2v) is 2.69. The number of nitrogen functional groups attached to an aromatic ring is 1. The van der Waals surface area contributed by atoms with Crippen molar-refractivity contribution >= 4 is 22.9 Å². The van der Waals surface area contributed by atoms with E-state index in [4.69, 9.17) is 15.0 Å². The van der Waals surface area contributed by atoms with Crippen LogP contribution in [0.25, 0.3) is 11.1 Å². The van der Waals surface area contributed by atoms with Gasteiger partial charge in [0.05, 0.1) is 6.61 Å². The highest BCUT2D eigenvalue weighted by molar-refractivity contribution is 6.04. The summed E-state index contributed by atoms with van der Waals surface area (Å²) in [6.45, 7) is 1.95. The molecule has 0 fully saturated rings. The van der Waals surface area contributed by atoms with E-state index in [1.165, 1.54) is 6.33 Å². The molecule has 0 aromatic carbocycles. The highest BCUT2D eigenvalue weighted by Gasteiger charge is 2.20. The minimum Gasteiger partial charge on any atom is -0.461 e. The van der Waals surface area contributed by atoms with Gasteiger partial charge < -0.3 is 15.0 Å². The first-order valence-electron chi connectivity index (χ1n) is 4.27. The van der Waals surface area contributed by atoms with Crippen LogP contribution in [-0.2, 0) is 4.74 Å². The standard InChI is InChI=1S/C8H8N4O3/c1-2-14-8(13)5-4-6(9)10-3-11-7(4)15-12-5/h3H,2H2,1H3,(H2,9,10,11). The van der Waals surface area contributed by atoms with Crippen molar-refractivity contribution < 1.29 is 14.1 Å². The Morgan fingerprint density at radius 2 is 2.40 bits per heavy atom. The third kappa shape index (κ3) is 1.47. The van der Waals surface area contributed by atoms with Gasteiger partial charge in [-0.05, 0) is 6.92 Å². The maximum absolute atomic E-state index is 11.4. The molecule has 2 rings (SSSR count). The molecular weight excluding hydrogens is 200 g/mol. The maximum Gasteiger partial charge on any atom is 0.361 e. The Morgan fingerprint density at radius 3 is 3.13 bits per heavy atom. The molecule has 0 aliphatic heterocycles. The van der Waals surface area contributed by atoms with Crippen molar-refractivity contribution in [2.45, 2.75) is 6.92 Å². The first-order chi connectivity index (χ1) is 7.24. The number of rotatable bonds is 2. The topological polar surface area (TPSA) is 104 Å². The monoisotopic (exact) mass is 208 g/mol. The van der Waals surface area contributed by atoms with E-state index in [0.717, 1.165) is 0 Å². The number of esters is 1. The van der Waals surface area contributed by atoms with Gasteiger partial charge in [-0.3, -0.25) is 0 Å². The fourth-order valence-electron chi connectivity index (χ4n) is 1.15. The summed E-state index contributed by atoms with van der Waals surface area (Å²) in [6, 6.07) is 0. The molecule has 0 radical (unpaired) electrons. The Labute approximate surface area is 84.2 Å². The molecule has 78 valence electrons. The van der Waals surface area contributed by atoms with Gasteiger partial charge in [-0.2, -0.15) is 4.98 Å². The van der Waals surface area contributed by atoms with E-state index in [1.54, 1.807) is 6.92 Å². The van der Waals surface area contributed by atoms with Gasteiger partial charge in [0.15, 0.2) is 0 Å². The lowest BCUT2D eigenvalue weighted by Gasteiger charge is -1.97. The highest BCUT2D eigenvalue weighted by atomic mass is 16.5. The zero-order valence-electron chi connectivity index (χ0n) is 7.93. The molecule has 0 bridgehead atoms. The second kappa shape index (κ2) is 3.52. The fourth-order valence-corrected chi connectivity index (χ4v) is 1.15. The number of carbonyl (C=O) groups excluding carboxylic acids is 1. The molecule has 2 aromatic rings. The Morgan fingerprint density at radius 1 is 1.60 bits per heavy atom. The molecule has 0 aliphatic rings. The summed E-state index contributed by atoms with van der Waals surface area (Å²) >= 11 is 0. The molecule has 0 amide bonds. The Kier molecular flexibility index (Phi) is 2.20. The number of fused-ring (bicyclic) bond motifs is 1. The van der Waals surface area contributed by atoms with E-state index >= 15 is 0 Å². The van der Waals surface area contributed by atoms with Crippen molar-refractivity contribution in [3.8, 4) is 0 Å². The van der Waals surface area contributed by atoms with Crippen LogP contribution in [0.1, 0.15) is 17.4 Å². The molecule has 2 N–H and O–H groups in total. The van der Waals surface area contributed by atoms with E-state index in [9.17, 15) is 4.79 Å². The van der Waals surface area contributed by atoms with E-state index in [-0.39, 0.29) is 29.2 Å². The molecule has 2 aromatic heterocycles. The van der Waals surface area contributed by atoms with E-state index in [2.05, 4.69) is 15.1 Å². The molecule has 2 heterocycles. The van der Waals surface area contributed by atoms with Crippen LogP contribution in [0.3, 0.4) is 0 Å². The predicted octanol–water partition coefficient (Wildman–Crippen LogP) is 0.377. The van der Waals surface area contributed by atoms with Crippen LogP contribution >= 0.6 is 0 Å². The van der Waals surface area contributed by atoms with Gasteiger partial charge >= 0.3 is 5.97 Å². The van der Waals surface area contributed by atoms with Crippen LogP contribution in [0, 0.1) is 0 Å². The van der Waals surface area contributed by atoms with Crippen LogP contribution < -0.4 is 5.73 Å².